The molecule has 0 saturated heterocycles. The molecule has 0 saturated carbocycles. The molecular formula is C18H16O4S. The van der Waals surface area contributed by atoms with Gasteiger partial charge in [-0.3, -0.25) is 19.2 Å². The van der Waals surface area contributed by atoms with Crippen LogP contribution >= 0.6 is 11.3 Å². The molecule has 1 aromatic rings. The van der Waals surface area contributed by atoms with E-state index in [2.05, 4.69) is 23.7 Å². The molecule has 5 heteroatoms. The van der Waals surface area contributed by atoms with E-state index in [-0.39, 0.29) is 23.1 Å². The van der Waals surface area contributed by atoms with Crippen LogP contribution < -0.4 is 0 Å². The van der Waals surface area contributed by atoms with Gasteiger partial charge in [-0.1, -0.05) is 23.7 Å². The lowest BCUT2D eigenvalue weighted by Gasteiger charge is -1.99. The third-order valence-corrected chi connectivity index (χ3v) is 3.83. The van der Waals surface area contributed by atoms with Gasteiger partial charge in [0.15, 0.2) is 23.1 Å². The summed E-state index contributed by atoms with van der Waals surface area (Å²) in [6.07, 6.45) is 0. The van der Waals surface area contributed by atoms with Gasteiger partial charge in [0.25, 0.3) is 0 Å². The van der Waals surface area contributed by atoms with Crippen LogP contribution in [0.3, 0.4) is 0 Å². The third kappa shape index (κ3) is 5.65. The number of carbonyl (C=O) groups excluding carboxylic acids is 4. The number of hydrogen-bond donors (Lipinski definition) is 0. The molecule has 0 unspecified atom stereocenters. The molecule has 1 aromatic heterocycles. The normalized spacial score (nSPS) is 9.65. The Morgan fingerprint density at radius 2 is 1.04 bits per heavy atom. The molecule has 118 valence electrons. The largest absolute Gasteiger partial charge is 0.298 e. The van der Waals surface area contributed by atoms with Crippen LogP contribution in [0, 0.1) is 35.5 Å². The van der Waals surface area contributed by atoms with Crippen LogP contribution in [-0.2, 0) is 19.2 Å². The topological polar surface area (TPSA) is 68.3 Å². The fourth-order valence-corrected chi connectivity index (χ4v) is 2.47. The Morgan fingerprint density at radius 3 is 1.30 bits per heavy atom. The van der Waals surface area contributed by atoms with Crippen molar-refractivity contribution in [1.29, 1.82) is 0 Å². The summed E-state index contributed by atoms with van der Waals surface area (Å²) in [7, 11) is 0. The van der Waals surface area contributed by atoms with Gasteiger partial charge in [0.05, 0.1) is 9.75 Å². The van der Waals surface area contributed by atoms with Crippen molar-refractivity contribution in [3.05, 3.63) is 21.9 Å². The zero-order valence-corrected chi connectivity index (χ0v) is 14.2. The summed E-state index contributed by atoms with van der Waals surface area (Å²) in [6.45, 7) is 5.32. The predicted octanol–water partition coefficient (Wildman–Crippen LogP) is 2.04. The van der Waals surface area contributed by atoms with Crippen molar-refractivity contribution in [2.45, 2.75) is 27.7 Å². The summed E-state index contributed by atoms with van der Waals surface area (Å²) in [4.78, 5) is 46.6. The number of carbonyl (C=O) groups is 4. The van der Waals surface area contributed by atoms with Gasteiger partial charge in [-0.2, -0.15) is 0 Å². The van der Waals surface area contributed by atoms with Crippen molar-refractivity contribution in [1.82, 2.24) is 0 Å². The summed E-state index contributed by atoms with van der Waals surface area (Å²) in [5, 5.41) is 0. The summed E-state index contributed by atoms with van der Waals surface area (Å²) in [5.41, 5.74) is 0. The number of hydrogen-bond acceptors (Lipinski definition) is 5. The van der Waals surface area contributed by atoms with E-state index in [9.17, 15) is 19.2 Å². The first-order valence-electron chi connectivity index (χ1n) is 6.87. The zero-order valence-electron chi connectivity index (χ0n) is 13.4. The highest BCUT2D eigenvalue weighted by molar-refractivity contribution is 7.13. The van der Waals surface area contributed by atoms with E-state index < -0.39 is 11.8 Å². The quantitative estimate of drug-likeness (QED) is 0.626. The lowest BCUT2D eigenvalue weighted by Crippen LogP contribution is -2.17. The van der Waals surface area contributed by atoms with Gasteiger partial charge < -0.3 is 0 Å². The number of ketones is 4. The average Bonchev–Trinajstić information content (AvgIpc) is 2.85. The molecule has 0 aromatic carbocycles. The van der Waals surface area contributed by atoms with Gasteiger partial charge >= 0.3 is 0 Å². The Bertz CT molecular complexity index is 685. The summed E-state index contributed by atoms with van der Waals surface area (Å²) >= 11 is 1.27. The highest BCUT2D eigenvalue weighted by atomic mass is 32.1. The zero-order chi connectivity index (χ0) is 17.6. The molecule has 0 radical (unpaired) electrons. The van der Waals surface area contributed by atoms with Gasteiger partial charge in [0.1, 0.15) is 11.8 Å². The second-order valence-electron chi connectivity index (χ2n) is 5.01. The van der Waals surface area contributed by atoms with E-state index in [0.29, 0.717) is 9.75 Å². The molecule has 1 heterocycles. The molecule has 0 spiro atoms. The predicted molar refractivity (Wildman–Crippen MR) is 87.8 cm³/mol. The Morgan fingerprint density at radius 1 is 0.739 bits per heavy atom. The Labute approximate surface area is 139 Å². The van der Waals surface area contributed by atoms with Crippen LogP contribution in [0.4, 0.5) is 0 Å². The summed E-state index contributed by atoms with van der Waals surface area (Å²) < 4.78 is 0. The van der Waals surface area contributed by atoms with E-state index in [1.165, 1.54) is 39.0 Å². The number of thiophene rings is 1. The highest BCUT2D eigenvalue weighted by Crippen LogP contribution is 2.15. The fraction of sp³-hybridized carbons (Fsp3) is 0.333. The van der Waals surface area contributed by atoms with Crippen LogP contribution in [0.25, 0.3) is 0 Å². The van der Waals surface area contributed by atoms with Gasteiger partial charge in [-0.15, -0.1) is 11.3 Å². The minimum absolute atomic E-state index is 0.285. The van der Waals surface area contributed by atoms with E-state index in [1.54, 1.807) is 12.1 Å². The van der Waals surface area contributed by atoms with Crippen molar-refractivity contribution in [3.63, 3.8) is 0 Å². The minimum Gasteiger partial charge on any atom is -0.298 e. The Kier molecular flexibility index (Phi) is 6.63. The first kappa shape index (κ1) is 18.5. The maximum absolute atomic E-state index is 11.3. The molecule has 0 aliphatic heterocycles. The van der Waals surface area contributed by atoms with Crippen molar-refractivity contribution < 1.29 is 19.2 Å². The molecule has 4 nitrogen and oxygen atoms in total. The maximum Gasteiger partial charge on any atom is 0.152 e. The average molecular weight is 328 g/mol. The van der Waals surface area contributed by atoms with E-state index >= 15 is 0 Å². The number of rotatable bonds is 4. The van der Waals surface area contributed by atoms with Crippen LogP contribution in [0.5, 0.6) is 0 Å². The number of Topliss-reactive ketones (excluding diaryl/α,β-unsaturated/α-hetero) is 4. The van der Waals surface area contributed by atoms with Gasteiger partial charge in [0, 0.05) is 0 Å². The summed E-state index contributed by atoms with van der Waals surface area (Å²) in [6, 6.07) is 3.44. The second kappa shape index (κ2) is 8.22. The Hall–Kier alpha value is -2.50. The van der Waals surface area contributed by atoms with Gasteiger partial charge in [0.2, 0.25) is 0 Å². The van der Waals surface area contributed by atoms with Crippen molar-refractivity contribution in [2.75, 3.05) is 0 Å². The lowest BCUT2D eigenvalue weighted by atomic mass is 10.0. The lowest BCUT2D eigenvalue weighted by molar-refractivity contribution is -0.129. The highest BCUT2D eigenvalue weighted by Gasteiger charge is 2.16. The second-order valence-corrected chi connectivity index (χ2v) is 6.09. The van der Waals surface area contributed by atoms with Gasteiger partial charge in [-0.25, -0.2) is 0 Å². The van der Waals surface area contributed by atoms with E-state index in [4.69, 9.17) is 0 Å². The van der Waals surface area contributed by atoms with E-state index in [0.717, 1.165) is 0 Å². The molecule has 0 aliphatic carbocycles. The molecular weight excluding hydrogens is 312 g/mol. The molecule has 0 atom stereocenters. The first-order chi connectivity index (χ1) is 10.7. The third-order valence-electron chi connectivity index (χ3n) is 2.91. The fourth-order valence-electron chi connectivity index (χ4n) is 1.74. The van der Waals surface area contributed by atoms with Gasteiger partial charge in [-0.05, 0) is 39.8 Å². The SMILES string of the molecule is CC(=O)C(C#Cc1ccc(C#CC(C(C)=O)C(C)=O)s1)C(C)=O. The monoisotopic (exact) mass is 328 g/mol. The first-order valence-corrected chi connectivity index (χ1v) is 7.68. The van der Waals surface area contributed by atoms with Crippen LogP contribution in [-0.4, -0.2) is 23.1 Å². The minimum atomic E-state index is -0.911. The van der Waals surface area contributed by atoms with Crippen molar-refractivity contribution >= 4 is 34.5 Å². The molecule has 0 amide bonds. The standard InChI is InChI=1S/C18H16O4S/c1-11(19)17(12(2)20)9-7-15-5-6-16(23-15)8-10-18(13(3)21)14(4)22/h5-6,17-18H,1-4H3. The molecule has 0 N–H and O–H groups in total. The van der Waals surface area contributed by atoms with Crippen LogP contribution in [0.1, 0.15) is 37.4 Å². The molecule has 0 fully saturated rings. The Balaban J connectivity index is 2.97. The van der Waals surface area contributed by atoms with E-state index in [1.807, 2.05) is 0 Å². The molecule has 23 heavy (non-hydrogen) atoms. The molecule has 0 aliphatic rings. The van der Waals surface area contributed by atoms with Crippen LogP contribution in [0.2, 0.25) is 0 Å². The maximum atomic E-state index is 11.3. The summed E-state index contributed by atoms with van der Waals surface area (Å²) in [5.74, 6) is 7.92. The molecule has 0 bridgehead atoms. The smallest absolute Gasteiger partial charge is 0.152 e. The molecule has 1 rings (SSSR count). The van der Waals surface area contributed by atoms with Crippen molar-refractivity contribution in [3.8, 4) is 23.7 Å². The van der Waals surface area contributed by atoms with Crippen molar-refractivity contribution in [2.24, 2.45) is 11.8 Å². The van der Waals surface area contributed by atoms with Crippen LogP contribution in [0.15, 0.2) is 12.1 Å².